The number of H-pyrrole nitrogens is 2. The normalized spacial score (nSPS) is 10.4. The third-order valence-corrected chi connectivity index (χ3v) is 2.87. The zero-order chi connectivity index (χ0) is 14.4. The van der Waals surface area contributed by atoms with Gasteiger partial charge >= 0.3 is 5.69 Å². The summed E-state index contributed by atoms with van der Waals surface area (Å²) in [4.78, 5) is 26.9. The number of aliphatic hydroxyl groups excluding tert-OH is 1. The van der Waals surface area contributed by atoms with Crippen LogP contribution in [-0.4, -0.2) is 50.8 Å². The molecule has 1 heterocycles. The first kappa shape index (κ1) is 14.0. The molecule has 1 amide bonds. The lowest BCUT2D eigenvalue weighted by Gasteiger charge is -2.20. The Bertz CT molecular complexity index is 605. The third kappa shape index (κ3) is 3.55. The van der Waals surface area contributed by atoms with Crippen LogP contribution < -0.4 is 5.69 Å². The van der Waals surface area contributed by atoms with Crippen molar-refractivity contribution in [3.05, 3.63) is 52.2 Å². The summed E-state index contributed by atoms with van der Waals surface area (Å²) in [7, 11) is 0. The van der Waals surface area contributed by atoms with E-state index >= 15 is 0 Å². The fraction of sp³-hybridized carbons (Fsp3) is 0.308. The van der Waals surface area contributed by atoms with Gasteiger partial charge in [0.1, 0.15) is 0 Å². The molecule has 0 radical (unpaired) electrons. The molecule has 0 aliphatic carbocycles. The summed E-state index contributed by atoms with van der Waals surface area (Å²) in [6, 6.07) is 9.72. The van der Waals surface area contributed by atoms with Crippen LogP contribution in [0.3, 0.4) is 0 Å². The van der Waals surface area contributed by atoms with Crippen LogP contribution in [0.1, 0.15) is 16.2 Å². The average Bonchev–Trinajstić information content (AvgIpc) is 2.90. The Balaban J connectivity index is 2.03. The molecule has 2 aromatic rings. The van der Waals surface area contributed by atoms with E-state index in [0.29, 0.717) is 13.0 Å². The van der Waals surface area contributed by atoms with Crippen molar-refractivity contribution in [1.29, 1.82) is 0 Å². The number of carbonyl (C=O) groups excluding carboxylic acids is 1. The van der Waals surface area contributed by atoms with Gasteiger partial charge in [-0.3, -0.25) is 9.78 Å². The maximum absolute atomic E-state index is 12.1. The monoisotopic (exact) mass is 276 g/mol. The van der Waals surface area contributed by atoms with Crippen molar-refractivity contribution >= 4 is 5.91 Å². The van der Waals surface area contributed by atoms with Gasteiger partial charge < -0.3 is 10.0 Å². The summed E-state index contributed by atoms with van der Waals surface area (Å²) < 4.78 is 0. The van der Waals surface area contributed by atoms with E-state index in [1.807, 2.05) is 30.3 Å². The molecule has 0 bridgehead atoms. The maximum Gasteiger partial charge on any atom is 0.341 e. The van der Waals surface area contributed by atoms with Crippen LogP contribution in [0.2, 0.25) is 0 Å². The Labute approximate surface area is 115 Å². The lowest BCUT2D eigenvalue weighted by molar-refractivity contribution is 0.0712. The highest BCUT2D eigenvalue weighted by atomic mass is 16.3. The zero-order valence-electron chi connectivity index (χ0n) is 10.9. The van der Waals surface area contributed by atoms with E-state index in [9.17, 15) is 9.59 Å². The number of rotatable bonds is 6. The molecule has 0 saturated heterocycles. The Hall–Kier alpha value is -2.41. The molecule has 2 rings (SSSR count). The van der Waals surface area contributed by atoms with E-state index in [1.54, 1.807) is 0 Å². The number of nitrogens with one attached hydrogen (secondary N) is 2. The summed E-state index contributed by atoms with van der Waals surface area (Å²) in [6.07, 6.45) is 0.668. The molecule has 3 N–H and O–H groups in total. The molecule has 0 fully saturated rings. The molecular formula is C13H16N4O3. The molecule has 7 heteroatoms. The minimum absolute atomic E-state index is 0.0449. The summed E-state index contributed by atoms with van der Waals surface area (Å²) in [5, 5.41) is 14.8. The van der Waals surface area contributed by atoms with Gasteiger partial charge in [-0.15, -0.1) is 5.10 Å². The predicted octanol–water partition coefficient (Wildman–Crippen LogP) is -0.225. The van der Waals surface area contributed by atoms with Gasteiger partial charge in [-0.25, -0.2) is 9.89 Å². The fourth-order valence-electron chi connectivity index (χ4n) is 1.87. The summed E-state index contributed by atoms with van der Waals surface area (Å²) in [6.45, 7) is 0.494. The van der Waals surface area contributed by atoms with Crippen LogP contribution in [0.5, 0.6) is 0 Å². The highest BCUT2D eigenvalue weighted by Gasteiger charge is 2.18. The number of hydrogen-bond acceptors (Lipinski definition) is 4. The number of nitrogens with zero attached hydrogens (tertiary/aromatic N) is 2. The first-order valence-electron chi connectivity index (χ1n) is 6.29. The molecule has 7 nitrogen and oxygen atoms in total. The van der Waals surface area contributed by atoms with E-state index in [0.717, 1.165) is 5.56 Å². The van der Waals surface area contributed by atoms with Gasteiger partial charge in [0.25, 0.3) is 5.91 Å². The quantitative estimate of drug-likeness (QED) is 0.678. The van der Waals surface area contributed by atoms with Crippen LogP contribution in [0.4, 0.5) is 0 Å². The first-order chi connectivity index (χ1) is 9.70. The van der Waals surface area contributed by atoms with Gasteiger partial charge in [0.15, 0.2) is 0 Å². The third-order valence-electron chi connectivity index (χ3n) is 2.87. The molecule has 106 valence electrons. The molecule has 20 heavy (non-hydrogen) atoms. The van der Waals surface area contributed by atoms with Crippen molar-refractivity contribution in [2.45, 2.75) is 6.42 Å². The second-order valence-electron chi connectivity index (χ2n) is 4.28. The number of aromatic amines is 2. The highest BCUT2D eigenvalue weighted by Crippen LogP contribution is 2.03. The van der Waals surface area contributed by atoms with Crippen LogP contribution in [-0.2, 0) is 6.42 Å². The predicted molar refractivity (Wildman–Crippen MR) is 72.3 cm³/mol. The molecule has 0 aliphatic heterocycles. The fourth-order valence-corrected chi connectivity index (χ4v) is 1.87. The Morgan fingerprint density at radius 2 is 2.00 bits per heavy atom. The number of aliphatic hydroxyl groups is 1. The van der Waals surface area contributed by atoms with Crippen molar-refractivity contribution < 1.29 is 9.90 Å². The van der Waals surface area contributed by atoms with E-state index in [1.165, 1.54) is 4.90 Å². The lowest BCUT2D eigenvalue weighted by atomic mass is 10.1. The van der Waals surface area contributed by atoms with E-state index < -0.39 is 11.6 Å². The van der Waals surface area contributed by atoms with Crippen LogP contribution in [0.25, 0.3) is 0 Å². The average molecular weight is 276 g/mol. The van der Waals surface area contributed by atoms with Gasteiger partial charge in [-0.1, -0.05) is 30.3 Å². The van der Waals surface area contributed by atoms with E-state index in [4.69, 9.17) is 5.11 Å². The maximum atomic E-state index is 12.1. The van der Waals surface area contributed by atoms with Gasteiger partial charge in [-0.05, 0) is 12.0 Å². The molecule has 1 aromatic heterocycles. The number of benzene rings is 1. The second kappa shape index (κ2) is 6.67. The smallest absolute Gasteiger partial charge is 0.341 e. The van der Waals surface area contributed by atoms with Crippen molar-refractivity contribution in [3.8, 4) is 0 Å². The van der Waals surface area contributed by atoms with Crippen LogP contribution in [0, 0.1) is 0 Å². The number of amides is 1. The minimum Gasteiger partial charge on any atom is -0.395 e. The molecule has 0 unspecified atom stereocenters. The van der Waals surface area contributed by atoms with Crippen molar-refractivity contribution in [3.63, 3.8) is 0 Å². The second-order valence-corrected chi connectivity index (χ2v) is 4.28. The van der Waals surface area contributed by atoms with Crippen molar-refractivity contribution in [2.24, 2.45) is 0 Å². The van der Waals surface area contributed by atoms with Crippen LogP contribution >= 0.6 is 0 Å². The minimum atomic E-state index is -0.527. The lowest BCUT2D eigenvalue weighted by Crippen LogP contribution is -2.36. The molecule has 0 spiro atoms. The number of carbonyl (C=O) groups is 1. The largest absolute Gasteiger partial charge is 0.395 e. The van der Waals surface area contributed by atoms with E-state index in [-0.39, 0.29) is 19.0 Å². The molecule has 0 aliphatic rings. The van der Waals surface area contributed by atoms with Crippen LogP contribution in [0.15, 0.2) is 35.1 Å². The van der Waals surface area contributed by atoms with Gasteiger partial charge in [0.2, 0.25) is 5.82 Å². The summed E-state index contributed by atoms with van der Waals surface area (Å²) in [5.41, 5.74) is 0.569. The Morgan fingerprint density at radius 1 is 1.25 bits per heavy atom. The molecule has 0 saturated carbocycles. The number of hydrogen-bond donors (Lipinski definition) is 3. The van der Waals surface area contributed by atoms with E-state index in [2.05, 4.69) is 15.2 Å². The standard InChI is InChI=1S/C13H16N4O3/c18-9-8-17(7-6-10-4-2-1-3-5-10)12(19)11-14-13(20)16-15-11/h1-5,18H,6-9H2,(H2,14,15,16,20). The Morgan fingerprint density at radius 3 is 2.60 bits per heavy atom. The molecule has 1 aromatic carbocycles. The van der Waals surface area contributed by atoms with Crippen molar-refractivity contribution in [1.82, 2.24) is 20.1 Å². The summed E-state index contributed by atoms with van der Waals surface area (Å²) in [5.74, 6) is -0.454. The zero-order valence-corrected chi connectivity index (χ0v) is 10.9. The van der Waals surface area contributed by atoms with Gasteiger partial charge in [0.05, 0.1) is 6.61 Å². The molecule has 0 atom stereocenters. The highest BCUT2D eigenvalue weighted by molar-refractivity contribution is 5.90. The first-order valence-corrected chi connectivity index (χ1v) is 6.29. The SMILES string of the molecule is O=C(c1n[nH]c(=O)[nH]1)N(CCO)CCc1ccccc1. The molecular weight excluding hydrogens is 260 g/mol. The van der Waals surface area contributed by atoms with Crippen molar-refractivity contribution in [2.75, 3.05) is 19.7 Å². The Kier molecular flexibility index (Phi) is 4.67. The van der Waals surface area contributed by atoms with Gasteiger partial charge in [-0.2, -0.15) is 0 Å². The topological polar surface area (TPSA) is 102 Å². The summed E-state index contributed by atoms with van der Waals surface area (Å²) >= 11 is 0. The number of aromatic nitrogens is 3. The van der Waals surface area contributed by atoms with Gasteiger partial charge in [0, 0.05) is 13.1 Å².